The van der Waals surface area contributed by atoms with Gasteiger partial charge in [-0.15, -0.1) is 0 Å². The Morgan fingerprint density at radius 2 is 1.19 bits per heavy atom. The first-order chi connectivity index (χ1) is 24.8. The first-order valence-electron chi connectivity index (χ1n) is 21.5. The molecule has 0 unspecified atom stereocenters. The van der Waals surface area contributed by atoms with Crippen molar-refractivity contribution in [2.24, 2.45) is 34.5 Å². The largest absolute Gasteiger partial charge is 0.417 e. The van der Waals surface area contributed by atoms with Crippen LogP contribution in [-0.2, 0) is 13.3 Å². The molecular weight excluding hydrogens is 709 g/mol. The van der Waals surface area contributed by atoms with Crippen molar-refractivity contribution in [1.82, 2.24) is 0 Å². The van der Waals surface area contributed by atoms with Crippen LogP contribution in [0.1, 0.15) is 122 Å². The molecule has 3 nitrogen and oxygen atoms in total. The van der Waals surface area contributed by atoms with Crippen molar-refractivity contribution in [3.8, 4) is 0 Å². The Morgan fingerprint density at radius 1 is 0.648 bits per heavy atom. The predicted octanol–water partition coefficient (Wildman–Crippen LogP) is 12.8. The fourth-order valence-electron chi connectivity index (χ4n) is 10.5. The van der Waals surface area contributed by atoms with Crippen molar-refractivity contribution in [2.45, 2.75) is 169 Å². The van der Waals surface area contributed by atoms with Gasteiger partial charge in [0.2, 0.25) is 0 Å². The molecule has 0 aromatic heterocycles. The zero-order chi connectivity index (χ0) is 40.2. The lowest BCUT2D eigenvalue weighted by molar-refractivity contribution is -0.101. The standard InChI is InChI=1S/C48H80O3Si3/c1-36-27-28-42-41(35-50-54(46(8,9)10,39-23-19-17-20-24-39)40-25-21-18-22-26-40)43(30-32-47(36,42)11)48(12)31-29-38(51-53(15,16)45(5,6)7)33-37(48)34-49-52(13,14)44(2,3)4/h17-27,37-38,41-43H,28-35H2,1-16H3/t37-,38+,41+,42+,43+,47-,48+/m1/s1. The number of allylic oxidation sites excluding steroid dienone is 2. The van der Waals surface area contributed by atoms with Crippen LogP contribution >= 0.6 is 0 Å². The summed E-state index contributed by atoms with van der Waals surface area (Å²) < 4.78 is 22.5. The number of hydrogen-bond donors (Lipinski definition) is 0. The third-order valence-corrected chi connectivity index (χ3v) is 30.4. The second-order valence-electron chi connectivity index (χ2n) is 22.5. The van der Waals surface area contributed by atoms with Gasteiger partial charge in [0.1, 0.15) is 0 Å². The number of fused-ring (bicyclic) bond motifs is 1. The third-order valence-electron chi connectivity index (χ3n) is 16.4. The minimum atomic E-state index is -2.71. The molecule has 0 N–H and O–H groups in total. The maximum atomic E-state index is 7.95. The van der Waals surface area contributed by atoms with E-state index in [1.807, 2.05) is 0 Å². The molecule has 3 aliphatic carbocycles. The molecule has 0 aliphatic heterocycles. The predicted molar refractivity (Wildman–Crippen MR) is 240 cm³/mol. The monoisotopic (exact) mass is 789 g/mol. The van der Waals surface area contributed by atoms with Gasteiger partial charge in [-0.05, 0) is 132 Å². The minimum Gasteiger partial charge on any atom is -0.417 e. The van der Waals surface area contributed by atoms with Crippen LogP contribution in [0.4, 0.5) is 0 Å². The molecule has 0 amide bonds. The Labute approximate surface area is 336 Å². The van der Waals surface area contributed by atoms with E-state index in [2.05, 4.69) is 176 Å². The summed E-state index contributed by atoms with van der Waals surface area (Å²) in [4.78, 5) is 0. The quantitative estimate of drug-likeness (QED) is 0.168. The molecule has 2 aromatic rings. The molecular formula is C48H80O3Si3. The van der Waals surface area contributed by atoms with Crippen LogP contribution in [0.3, 0.4) is 0 Å². The van der Waals surface area contributed by atoms with Crippen LogP contribution in [0.25, 0.3) is 0 Å². The average molecular weight is 789 g/mol. The highest BCUT2D eigenvalue weighted by Gasteiger charge is 2.58. The minimum absolute atomic E-state index is 0.0460. The van der Waals surface area contributed by atoms with E-state index in [-0.39, 0.29) is 25.9 Å². The summed E-state index contributed by atoms with van der Waals surface area (Å²) in [5.41, 5.74) is 1.99. The van der Waals surface area contributed by atoms with Gasteiger partial charge in [0, 0.05) is 19.3 Å². The van der Waals surface area contributed by atoms with E-state index in [0.717, 1.165) is 26.1 Å². The molecule has 0 heterocycles. The summed E-state index contributed by atoms with van der Waals surface area (Å²) >= 11 is 0. The molecule has 54 heavy (non-hydrogen) atoms. The molecule has 2 aromatic carbocycles. The molecule has 2 fully saturated rings. The normalized spacial score (nSPS) is 30.2. The first kappa shape index (κ1) is 43.8. The summed E-state index contributed by atoms with van der Waals surface area (Å²) in [7, 11) is -6.58. The van der Waals surface area contributed by atoms with Crippen molar-refractivity contribution in [2.75, 3.05) is 13.2 Å². The van der Waals surface area contributed by atoms with Gasteiger partial charge in [0.15, 0.2) is 16.6 Å². The van der Waals surface area contributed by atoms with Crippen LogP contribution in [0, 0.1) is 34.5 Å². The second-order valence-corrected chi connectivity index (χ2v) is 36.4. The SMILES string of the molecule is CC1=CC[C@H]2[C@H](CO[Si](c3ccccc3)(c3ccccc3)C(C)(C)C)[C@@H]([C@@]3(C)CC[C@H](O[Si](C)(C)C(C)(C)C)C[C@@H]3CO[Si](C)(C)C(C)(C)C)CC[C@]12C. The molecule has 302 valence electrons. The van der Waals surface area contributed by atoms with Crippen molar-refractivity contribution in [3.63, 3.8) is 0 Å². The zero-order valence-electron chi connectivity index (χ0n) is 37.6. The van der Waals surface area contributed by atoms with Gasteiger partial charge in [0.25, 0.3) is 8.32 Å². The fourth-order valence-corrected chi connectivity index (χ4v) is 17.5. The molecule has 0 bridgehead atoms. The number of rotatable bonds is 11. The van der Waals surface area contributed by atoms with Gasteiger partial charge < -0.3 is 13.3 Å². The molecule has 5 rings (SSSR count). The fraction of sp³-hybridized carbons (Fsp3) is 0.708. The van der Waals surface area contributed by atoms with Gasteiger partial charge in [-0.2, -0.15) is 0 Å². The van der Waals surface area contributed by atoms with E-state index < -0.39 is 25.0 Å². The second kappa shape index (κ2) is 15.5. The molecule has 0 radical (unpaired) electrons. The van der Waals surface area contributed by atoms with E-state index in [9.17, 15) is 0 Å². The highest BCUT2D eigenvalue weighted by molar-refractivity contribution is 6.99. The summed E-state index contributed by atoms with van der Waals surface area (Å²) in [5, 5.41) is 3.10. The highest BCUT2D eigenvalue weighted by Crippen LogP contribution is 2.63. The van der Waals surface area contributed by atoms with Gasteiger partial charge in [-0.1, -0.05) is 148 Å². The average Bonchev–Trinajstić information content (AvgIpc) is 3.38. The van der Waals surface area contributed by atoms with Crippen molar-refractivity contribution < 1.29 is 13.3 Å². The molecule has 0 spiro atoms. The van der Waals surface area contributed by atoms with Crippen molar-refractivity contribution in [3.05, 3.63) is 72.3 Å². The summed E-state index contributed by atoms with van der Waals surface area (Å²) in [6.45, 7) is 40.7. The van der Waals surface area contributed by atoms with Gasteiger partial charge >= 0.3 is 0 Å². The summed E-state index contributed by atoms with van der Waals surface area (Å²) in [6.07, 6.45) is 10.1. The van der Waals surface area contributed by atoms with Crippen LogP contribution in [0.5, 0.6) is 0 Å². The van der Waals surface area contributed by atoms with Gasteiger partial charge in [-0.3, -0.25) is 0 Å². The van der Waals surface area contributed by atoms with Crippen LogP contribution in [0.15, 0.2) is 72.3 Å². The number of benzene rings is 2. The van der Waals surface area contributed by atoms with E-state index >= 15 is 0 Å². The third kappa shape index (κ3) is 8.19. The Balaban J connectivity index is 1.58. The van der Waals surface area contributed by atoms with Crippen LogP contribution < -0.4 is 10.4 Å². The first-order valence-corrected chi connectivity index (χ1v) is 29.3. The Bertz CT molecular complexity index is 1540. The van der Waals surface area contributed by atoms with Gasteiger partial charge in [0.05, 0.1) is 0 Å². The Kier molecular flexibility index (Phi) is 12.6. The maximum absolute atomic E-state index is 7.95. The zero-order valence-corrected chi connectivity index (χ0v) is 40.6. The number of hydrogen-bond acceptors (Lipinski definition) is 3. The van der Waals surface area contributed by atoms with Crippen LogP contribution in [0.2, 0.25) is 41.3 Å². The molecule has 0 saturated heterocycles. The van der Waals surface area contributed by atoms with E-state index in [1.165, 1.54) is 36.1 Å². The van der Waals surface area contributed by atoms with Crippen molar-refractivity contribution in [1.29, 1.82) is 0 Å². The highest BCUT2D eigenvalue weighted by atomic mass is 28.4. The van der Waals surface area contributed by atoms with Gasteiger partial charge in [-0.25, -0.2) is 0 Å². The molecule has 7 atom stereocenters. The lowest BCUT2D eigenvalue weighted by atomic mass is 9.49. The topological polar surface area (TPSA) is 27.7 Å². The maximum Gasteiger partial charge on any atom is 0.261 e. The smallest absolute Gasteiger partial charge is 0.261 e. The molecule has 3 aliphatic rings. The van der Waals surface area contributed by atoms with Crippen LogP contribution in [-0.4, -0.2) is 44.3 Å². The summed E-state index contributed by atoms with van der Waals surface area (Å²) in [6, 6.07) is 22.6. The lowest BCUT2D eigenvalue weighted by Gasteiger charge is -2.58. The van der Waals surface area contributed by atoms with E-state index in [0.29, 0.717) is 29.8 Å². The van der Waals surface area contributed by atoms with E-state index in [4.69, 9.17) is 13.3 Å². The Hall–Kier alpha value is -1.29. The summed E-state index contributed by atoms with van der Waals surface area (Å²) in [5.74, 6) is 2.08. The van der Waals surface area contributed by atoms with Crippen molar-refractivity contribution >= 4 is 35.3 Å². The molecule has 6 heteroatoms. The Morgan fingerprint density at radius 3 is 1.69 bits per heavy atom. The lowest BCUT2D eigenvalue weighted by Crippen LogP contribution is -2.67. The van der Waals surface area contributed by atoms with E-state index in [1.54, 1.807) is 5.57 Å². The molecule has 2 saturated carbocycles.